The minimum Gasteiger partial charge on any atom is -0.381 e. The van der Waals surface area contributed by atoms with Crippen molar-refractivity contribution in [1.29, 1.82) is 0 Å². The third-order valence-corrected chi connectivity index (χ3v) is 3.73. The number of hydrogen-bond donors (Lipinski definition) is 1. The van der Waals surface area contributed by atoms with E-state index < -0.39 is 0 Å². The molecule has 0 saturated carbocycles. The lowest BCUT2D eigenvalue weighted by Crippen LogP contribution is -2.49. The van der Waals surface area contributed by atoms with Crippen molar-refractivity contribution in [2.75, 3.05) is 26.9 Å². The molecule has 1 aliphatic rings. The third-order valence-electron chi connectivity index (χ3n) is 3.73. The highest BCUT2D eigenvalue weighted by Gasteiger charge is 2.31. The standard InChI is InChI=1S/C13H27NO2/c1-5-14-12(13(2,3)15-4)10-11-6-8-16-9-7-11/h11-12,14H,5-10H2,1-4H3. The number of ether oxygens (including phenoxy) is 2. The Kier molecular flexibility index (Phi) is 5.73. The van der Waals surface area contributed by atoms with Crippen LogP contribution in [0.3, 0.4) is 0 Å². The average molecular weight is 229 g/mol. The molecule has 0 aromatic heterocycles. The fourth-order valence-corrected chi connectivity index (χ4v) is 2.32. The van der Waals surface area contributed by atoms with Crippen LogP contribution in [0.15, 0.2) is 0 Å². The van der Waals surface area contributed by atoms with Crippen molar-refractivity contribution < 1.29 is 9.47 Å². The van der Waals surface area contributed by atoms with Crippen LogP contribution in [0.5, 0.6) is 0 Å². The Morgan fingerprint density at radius 1 is 1.38 bits per heavy atom. The number of nitrogens with one attached hydrogen (secondary N) is 1. The molecule has 1 aliphatic heterocycles. The van der Waals surface area contributed by atoms with E-state index in [4.69, 9.17) is 9.47 Å². The van der Waals surface area contributed by atoms with Crippen molar-refractivity contribution >= 4 is 0 Å². The zero-order chi connectivity index (χ0) is 12.0. The van der Waals surface area contributed by atoms with Crippen molar-refractivity contribution in [1.82, 2.24) is 5.32 Å². The van der Waals surface area contributed by atoms with Gasteiger partial charge in [0.1, 0.15) is 0 Å². The topological polar surface area (TPSA) is 30.5 Å². The Bertz CT molecular complexity index is 188. The maximum atomic E-state index is 5.60. The largest absolute Gasteiger partial charge is 0.381 e. The summed E-state index contributed by atoms with van der Waals surface area (Å²) in [7, 11) is 1.80. The fraction of sp³-hybridized carbons (Fsp3) is 1.00. The van der Waals surface area contributed by atoms with Crippen LogP contribution < -0.4 is 5.32 Å². The first-order valence-electron chi connectivity index (χ1n) is 6.46. The van der Waals surface area contributed by atoms with Crippen LogP contribution in [0.25, 0.3) is 0 Å². The summed E-state index contributed by atoms with van der Waals surface area (Å²) in [6.45, 7) is 9.34. The van der Waals surface area contributed by atoms with Gasteiger partial charge in [-0.25, -0.2) is 0 Å². The van der Waals surface area contributed by atoms with Crippen molar-refractivity contribution in [2.45, 2.75) is 51.7 Å². The average Bonchev–Trinajstić information content (AvgIpc) is 2.30. The third kappa shape index (κ3) is 4.04. The summed E-state index contributed by atoms with van der Waals surface area (Å²) in [5.41, 5.74) is -0.0890. The Hall–Kier alpha value is -0.120. The molecule has 0 bridgehead atoms. The van der Waals surface area contributed by atoms with Gasteiger partial charge in [-0.1, -0.05) is 6.92 Å². The lowest BCUT2D eigenvalue weighted by atomic mass is 9.85. The zero-order valence-corrected chi connectivity index (χ0v) is 11.2. The highest BCUT2D eigenvalue weighted by molar-refractivity contribution is 4.87. The lowest BCUT2D eigenvalue weighted by molar-refractivity contribution is -0.0238. The Morgan fingerprint density at radius 2 is 2.00 bits per heavy atom. The van der Waals surface area contributed by atoms with Gasteiger partial charge in [-0.3, -0.25) is 0 Å². The second-order valence-electron chi connectivity index (χ2n) is 5.21. The van der Waals surface area contributed by atoms with E-state index in [1.165, 1.54) is 19.3 Å². The highest BCUT2D eigenvalue weighted by atomic mass is 16.5. The Labute approximate surface area is 99.9 Å². The maximum Gasteiger partial charge on any atom is 0.0775 e. The molecular weight excluding hydrogens is 202 g/mol. The van der Waals surface area contributed by atoms with Gasteiger partial charge in [0.15, 0.2) is 0 Å². The summed E-state index contributed by atoms with van der Waals surface area (Å²) in [5, 5.41) is 3.56. The van der Waals surface area contributed by atoms with Gasteiger partial charge in [0.2, 0.25) is 0 Å². The number of rotatable bonds is 6. The normalized spacial score (nSPS) is 21.0. The summed E-state index contributed by atoms with van der Waals surface area (Å²) >= 11 is 0. The zero-order valence-electron chi connectivity index (χ0n) is 11.2. The van der Waals surface area contributed by atoms with Gasteiger partial charge in [-0.2, -0.15) is 0 Å². The molecule has 1 unspecified atom stereocenters. The molecule has 1 N–H and O–H groups in total. The Balaban J connectivity index is 2.49. The van der Waals surface area contributed by atoms with Crippen molar-refractivity contribution in [3.05, 3.63) is 0 Å². The minimum atomic E-state index is -0.0890. The van der Waals surface area contributed by atoms with Gasteiger partial charge in [0.05, 0.1) is 5.60 Å². The van der Waals surface area contributed by atoms with Crippen LogP contribution in [0.4, 0.5) is 0 Å². The summed E-state index contributed by atoms with van der Waals surface area (Å²) in [6.07, 6.45) is 3.58. The van der Waals surface area contributed by atoms with Crippen LogP contribution in [0.1, 0.15) is 40.0 Å². The predicted molar refractivity (Wildman–Crippen MR) is 66.7 cm³/mol. The van der Waals surface area contributed by atoms with Crippen LogP contribution >= 0.6 is 0 Å². The number of hydrogen-bond acceptors (Lipinski definition) is 3. The molecule has 1 fully saturated rings. The van der Waals surface area contributed by atoms with Crippen molar-refractivity contribution in [3.8, 4) is 0 Å². The van der Waals surface area contributed by atoms with Crippen LogP contribution in [-0.2, 0) is 9.47 Å². The Morgan fingerprint density at radius 3 is 2.50 bits per heavy atom. The number of methoxy groups -OCH3 is 1. The van der Waals surface area contributed by atoms with Crippen LogP contribution in [-0.4, -0.2) is 38.5 Å². The molecule has 0 aliphatic carbocycles. The molecule has 1 rings (SSSR count). The summed E-state index contributed by atoms with van der Waals surface area (Å²) < 4.78 is 11.0. The van der Waals surface area contributed by atoms with E-state index >= 15 is 0 Å². The van der Waals surface area contributed by atoms with Crippen molar-refractivity contribution in [2.24, 2.45) is 5.92 Å². The van der Waals surface area contributed by atoms with E-state index in [2.05, 4.69) is 26.1 Å². The second-order valence-corrected chi connectivity index (χ2v) is 5.21. The van der Waals surface area contributed by atoms with E-state index in [-0.39, 0.29) is 5.60 Å². The fourth-order valence-electron chi connectivity index (χ4n) is 2.32. The first kappa shape index (κ1) is 13.9. The summed E-state index contributed by atoms with van der Waals surface area (Å²) in [4.78, 5) is 0. The molecule has 1 heterocycles. The predicted octanol–water partition coefficient (Wildman–Crippen LogP) is 2.21. The maximum absolute atomic E-state index is 5.60. The highest BCUT2D eigenvalue weighted by Crippen LogP contribution is 2.26. The molecule has 16 heavy (non-hydrogen) atoms. The second kappa shape index (κ2) is 6.58. The van der Waals surface area contributed by atoms with E-state index in [0.717, 1.165) is 25.7 Å². The lowest BCUT2D eigenvalue weighted by Gasteiger charge is -2.37. The molecule has 3 heteroatoms. The monoisotopic (exact) mass is 229 g/mol. The van der Waals surface area contributed by atoms with E-state index in [0.29, 0.717) is 6.04 Å². The first-order chi connectivity index (χ1) is 7.60. The van der Waals surface area contributed by atoms with Gasteiger partial charge < -0.3 is 14.8 Å². The molecule has 0 radical (unpaired) electrons. The molecule has 1 saturated heterocycles. The van der Waals surface area contributed by atoms with Gasteiger partial charge >= 0.3 is 0 Å². The smallest absolute Gasteiger partial charge is 0.0775 e. The molecule has 1 atom stereocenters. The summed E-state index contributed by atoms with van der Waals surface area (Å²) in [5.74, 6) is 0.784. The molecule has 0 spiro atoms. The summed E-state index contributed by atoms with van der Waals surface area (Å²) in [6, 6.07) is 0.436. The molecule has 0 aromatic rings. The van der Waals surface area contributed by atoms with Gasteiger partial charge in [0, 0.05) is 26.4 Å². The van der Waals surface area contributed by atoms with E-state index in [1.807, 2.05) is 0 Å². The molecule has 0 amide bonds. The quantitative estimate of drug-likeness (QED) is 0.757. The molecular formula is C13H27NO2. The molecule has 3 nitrogen and oxygen atoms in total. The van der Waals surface area contributed by atoms with Crippen LogP contribution in [0.2, 0.25) is 0 Å². The SMILES string of the molecule is CCNC(CC1CCOCC1)C(C)(C)OC. The van der Waals surface area contributed by atoms with Crippen molar-refractivity contribution in [3.63, 3.8) is 0 Å². The van der Waals surface area contributed by atoms with E-state index in [1.54, 1.807) is 7.11 Å². The van der Waals surface area contributed by atoms with Crippen LogP contribution in [0, 0.1) is 5.92 Å². The minimum absolute atomic E-state index is 0.0890. The number of likely N-dealkylation sites (N-methyl/N-ethyl adjacent to an activating group) is 1. The van der Waals surface area contributed by atoms with Gasteiger partial charge in [-0.05, 0) is 45.6 Å². The molecule has 96 valence electrons. The van der Waals surface area contributed by atoms with Gasteiger partial charge in [0.25, 0.3) is 0 Å². The first-order valence-corrected chi connectivity index (χ1v) is 6.46. The van der Waals surface area contributed by atoms with Gasteiger partial charge in [-0.15, -0.1) is 0 Å². The molecule has 0 aromatic carbocycles. The van der Waals surface area contributed by atoms with E-state index in [9.17, 15) is 0 Å².